The lowest BCUT2D eigenvalue weighted by Gasteiger charge is -2.18. The fraction of sp³-hybridized carbons (Fsp3) is 0. The first-order chi connectivity index (χ1) is 22.8. The molecule has 212 valence electrons. The van der Waals surface area contributed by atoms with Gasteiger partial charge in [-0.2, -0.15) is 0 Å². The summed E-state index contributed by atoms with van der Waals surface area (Å²) in [6, 6.07) is 62.7. The average molecular weight is 581 g/mol. The average Bonchev–Trinajstić information content (AvgIpc) is 3.45. The van der Waals surface area contributed by atoms with Gasteiger partial charge in [-0.1, -0.05) is 164 Å². The molecule has 0 radical (unpaired) electrons. The van der Waals surface area contributed by atoms with Crippen LogP contribution in [0.25, 0.3) is 98.7 Å². The third kappa shape index (κ3) is 3.62. The van der Waals surface area contributed by atoms with E-state index in [0.29, 0.717) is 0 Å². The summed E-state index contributed by atoms with van der Waals surface area (Å²) in [6.07, 6.45) is 0. The topological polar surface area (TPSA) is 0 Å². The van der Waals surface area contributed by atoms with Crippen LogP contribution in [-0.2, 0) is 0 Å². The van der Waals surface area contributed by atoms with Crippen LogP contribution in [0.3, 0.4) is 0 Å². The molecule has 0 heterocycles. The smallest absolute Gasteiger partial charge is 0.00201 e. The monoisotopic (exact) mass is 580 g/mol. The number of hydrogen-bond acceptors (Lipinski definition) is 0. The van der Waals surface area contributed by atoms with Gasteiger partial charge >= 0.3 is 0 Å². The fourth-order valence-electron chi connectivity index (χ4n) is 7.97. The predicted octanol–water partition coefficient (Wildman–Crippen LogP) is 12.9. The third-order valence-electron chi connectivity index (χ3n) is 10.0. The van der Waals surface area contributed by atoms with Crippen molar-refractivity contribution in [2.75, 3.05) is 0 Å². The molecule has 0 aromatic heterocycles. The largest absolute Gasteiger partial charge is 0.0616 e. The molecule has 1 aliphatic rings. The standard InChI is InChI=1S/C46H28/c1-2-11-32-28-33(25-20-29(32)10-1)45-41-16-7-5-14-39(41)44(40-15-6-8-17-42(40)45)31-23-21-30(22-24-31)34-26-27-43-36-13-4-3-12-35(36)38-19-9-18-37(34)46(38)43/h1-28H. The highest BCUT2D eigenvalue weighted by Gasteiger charge is 2.22. The highest BCUT2D eigenvalue weighted by molar-refractivity contribution is 6.22. The van der Waals surface area contributed by atoms with Crippen molar-refractivity contribution in [2.24, 2.45) is 0 Å². The van der Waals surface area contributed by atoms with Crippen molar-refractivity contribution < 1.29 is 0 Å². The van der Waals surface area contributed by atoms with Gasteiger partial charge in [-0.05, 0) is 105 Å². The Bertz CT molecular complexity index is 2590. The SMILES string of the molecule is c1ccc2c(c1)-c1cccc3c(-c4ccc(-c5c6ccccc6c(-c6ccc7ccccc7c6)c6ccccc56)cc4)ccc-2c13. The van der Waals surface area contributed by atoms with E-state index >= 15 is 0 Å². The lowest BCUT2D eigenvalue weighted by molar-refractivity contribution is 1.64. The molecule has 0 amide bonds. The van der Waals surface area contributed by atoms with Crippen molar-refractivity contribution in [1.82, 2.24) is 0 Å². The van der Waals surface area contributed by atoms with Crippen LogP contribution in [0, 0.1) is 0 Å². The van der Waals surface area contributed by atoms with Crippen LogP contribution in [0.4, 0.5) is 0 Å². The van der Waals surface area contributed by atoms with Crippen LogP contribution < -0.4 is 0 Å². The lowest BCUT2D eigenvalue weighted by Crippen LogP contribution is -1.91. The van der Waals surface area contributed by atoms with E-state index in [2.05, 4.69) is 170 Å². The van der Waals surface area contributed by atoms with E-state index in [1.165, 1.54) is 98.7 Å². The van der Waals surface area contributed by atoms with E-state index in [-0.39, 0.29) is 0 Å². The fourth-order valence-corrected chi connectivity index (χ4v) is 7.97. The maximum atomic E-state index is 2.34. The zero-order chi connectivity index (χ0) is 30.2. The first kappa shape index (κ1) is 25.4. The summed E-state index contributed by atoms with van der Waals surface area (Å²) in [5, 5.41) is 10.3. The molecule has 0 saturated heterocycles. The van der Waals surface area contributed by atoms with E-state index in [9.17, 15) is 0 Å². The van der Waals surface area contributed by atoms with Gasteiger partial charge < -0.3 is 0 Å². The maximum Gasteiger partial charge on any atom is -0.00201 e. The summed E-state index contributed by atoms with van der Waals surface area (Å²) >= 11 is 0. The molecule has 0 nitrogen and oxygen atoms in total. The Hall–Kier alpha value is -5.98. The second-order valence-corrected chi connectivity index (χ2v) is 12.4. The molecule has 0 bridgehead atoms. The molecule has 0 aliphatic heterocycles. The molecule has 10 rings (SSSR count). The highest BCUT2D eigenvalue weighted by Crippen LogP contribution is 2.49. The lowest BCUT2D eigenvalue weighted by atomic mass is 9.85. The Morgan fingerprint density at radius 1 is 0.239 bits per heavy atom. The van der Waals surface area contributed by atoms with Crippen LogP contribution in [-0.4, -0.2) is 0 Å². The van der Waals surface area contributed by atoms with Crippen LogP contribution >= 0.6 is 0 Å². The molecule has 0 fully saturated rings. The Morgan fingerprint density at radius 3 is 1.37 bits per heavy atom. The van der Waals surface area contributed by atoms with E-state index in [0.717, 1.165) is 0 Å². The zero-order valence-corrected chi connectivity index (χ0v) is 25.2. The van der Waals surface area contributed by atoms with Crippen LogP contribution in [0.1, 0.15) is 0 Å². The minimum atomic E-state index is 1.24. The van der Waals surface area contributed by atoms with E-state index in [1.807, 2.05) is 0 Å². The molecule has 0 atom stereocenters. The quantitative estimate of drug-likeness (QED) is 0.182. The van der Waals surface area contributed by atoms with E-state index < -0.39 is 0 Å². The van der Waals surface area contributed by atoms with Gasteiger partial charge in [0.15, 0.2) is 0 Å². The minimum absolute atomic E-state index is 1.24. The van der Waals surface area contributed by atoms with Gasteiger partial charge in [0, 0.05) is 0 Å². The number of fused-ring (bicyclic) bond motifs is 6. The number of rotatable bonds is 3. The summed E-state index contributed by atoms with van der Waals surface area (Å²) < 4.78 is 0. The molecular weight excluding hydrogens is 553 g/mol. The van der Waals surface area contributed by atoms with Crippen molar-refractivity contribution in [3.8, 4) is 55.6 Å². The maximum absolute atomic E-state index is 2.34. The zero-order valence-electron chi connectivity index (χ0n) is 25.2. The number of hydrogen-bond donors (Lipinski definition) is 0. The molecular formula is C46H28. The normalized spacial score (nSPS) is 11.9. The molecule has 0 spiro atoms. The molecule has 9 aromatic rings. The molecule has 0 unspecified atom stereocenters. The first-order valence-corrected chi connectivity index (χ1v) is 16.0. The van der Waals surface area contributed by atoms with E-state index in [4.69, 9.17) is 0 Å². The summed E-state index contributed by atoms with van der Waals surface area (Å²) in [7, 11) is 0. The van der Waals surface area contributed by atoms with Gasteiger partial charge in [-0.25, -0.2) is 0 Å². The van der Waals surface area contributed by atoms with Gasteiger partial charge in [0.05, 0.1) is 0 Å². The summed E-state index contributed by atoms with van der Waals surface area (Å²) in [5.41, 5.74) is 12.9. The summed E-state index contributed by atoms with van der Waals surface area (Å²) in [5.74, 6) is 0. The number of benzene rings is 9. The second kappa shape index (κ2) is 9.76. The van der Waals surface area contributed by atoms with Gasteiger partial charge in [0.2, 0.25) is 0 Å². The van der Waals surface area contributed by atoms with Gasteiger partial charge in [-0.15, -0.1) is 0 Å². The van der Waals surface area contributed by atoms with Crippen molar-refractivity contribution >= 4 is 43.1 Å². The van der Waals surface area contributed by atoms with Crippen molar-refractivity contribution in [1.29, 1.82) is 0 Å². The van der Waals surface area contributed by atoms with Gasteiger partial charge in [-0.3, -0.25) is 0 Å². The molecule has 1 aliphatic carbocycles. The Labute approximate surface area is 267 Å². The summed E-state index contributed by atoms with van der Waals surface area (Å²) in [6.45, 7) is 0. The Balaban J connectivity index is 1.16. The Morgan fingerprint density at radius 2 is 0.696 bits per heavy atom. The summed E-state index contributed by atoms with van der Waals surface area (Å²) in [4.78, 5) is 0. The third-order valence-corrected chi connectivity index (χ3v) is 10.0. The predicted molar refractivity (Wildman–Crippen MR) is 197 cm³/mol. The first-order valence-electron chi connectivity index (χ1n) is 16.0. The molecule has 9 aromatic carbocycles. The molecule has 0 saturated carbocycles. The molecule has 0 N–H and O–H groups in total. The van der Waals surface area contributed by atoms with Gasteiger partial charge in [0.25, 0.3) is 0 Å². The van der Waals surface area contributed by atoms with E-state index in [1.54, 1.807) is 0 Å². The van der Waals surface area contributed by atoms with Crippen LogP contribution in [0.5, 0.6) is 0 Å². The highest BCUT2D eigenvalue weighted by atomic mass is 14.3. The molecule has 0 heteroatoms. The second-order valence-electron chi connectivity index (χ2n) is 12.4. The van der Waals surface area contributed by atoms with Gasteiger partial charge in [0.1, 0.15) is 0 Å². The van der Waals surface area contributed by atoms with Crippen LogP contribution in [0.15, 0.2) is 170 Å². The van der Waals surface area contributed by atoms with Crippen molar-refractivity contribution in [2.45, 2.75) is 0 Å². The van der Waals surface area contributed by atoms with Crippen molar-refractivity contribution in [3.05, 3.63) is 170 Å². The Kier molecular flexibility index (Phi) is 5.38. The molecule has 46 heavy (non-hydrogen) atoms. The van der Waals surface area contributed by atoms with Crippen molar-refractivity contribution in [3.63, 3.8) is 0 Å². The minimum Gasteiger partial charge on any atom is -0.0616 e. The van der Waals surface area contributed by atoms with Crippen LogP contribution in [0.2, 0.25) is 0 Å².